The maximum atomic E-state index is 13.4. The second-order valence-electron chi connectivity index (χ2n) is 9.75. The Bertz CT molecular complexity index is 985. The van der Waals surface area contributed by atoms with Crippen molar-refractivity contribution in [1.29, 1.82) is 0 Å². The van der Waals surface area contributed by atoms with Crippen LogP contribution in [-0.2, 0) is 19.2 Å². The van der Waals surface area contributed by atoms with Gasteiger partial charge in [0, 0.05) is 54.6 Å². The quantitative estimate of drug-likeness (QED) is 0.331. The van der Waals surface area contributed by atoms with Crippen molar-refractivity contribution in [3.8, 4) is 0 Å². The zero-order valence-corrected chi connectivity index (χ0v) is 20.5. The Hall–Kier alpha value is -2.35. The molecule has 3 N–H and O–H groups in total. The minimum atomic E-state index is -3.23. The van der Waals surface area contributed by atoms with Crippen molar-refractivity contribution in [1.82, 2.24) is 20.4 Å². The monoisotopic (exact) mass is 536 g/mol. The molecule has 4 heterocycles. The van der Waals surface area contributed by atoms with Gasteiger partial charge < -0.3 is 25.5 Å². The van der Waals surface area contributed by atoms with Gasteiger partial charge in [0.05, 0.1) is 18.0 Å². The number of likely N-dealkylation sites (tertiary alicyclic amines) is 1. The van der Waals surface area contributed by atoms with E-state index in [2.05, 4.69) is 10.6 Å². The van der Waals surface area contributed by atoms with Gasteiger partial charge in [-0.15, -0.1) is 11.8 Å². The largest absolute Gasteiger partial charge is 0.477 e. The predicted molar refractivity (Wildman–Crippen MR) is 120 cm³/mol. The number of fused-ring (bicyclic) bond motifs is 1. The fraction of sp³-hybridized carbons (Fsp3) is 0.727. The maximum Gasteiger partial charge on any atom is 0.353 e. The van der Waals surface area contributed by atoms with Crippen molar-refractivity contribution in [3.05, 3.63) is 10.6 Å². The number of hydrogen-bond acceptors (Lipinski definition) is 6. The zero-order valence-electron chi connectivity index (χ0n) is 19.7. The highest BCUT2D eigenvalue weighted by atomic mass is 32.2. The van der Waals surface area contributed by atoms with Gasteiger partial charge in [-0.05, 0) is 13.3 Å². The Balaban J connectivity index is 1.42. The number of halogens is 4. The van der Waals surface area contributed by atoms with E-state index in [1.54, 1.807) is 6.92 Å². The highest BCUT2D eigenvalue weighted by Crippen LogP contribution is 2.52. The molecule has 4 aliphatic heterocycles. The third-order valence-electron chi connectivity index (χ3n) is 7.39. The first-order valence-corrected chi connectivity index (χ1v) is 12.7. The van der Waals surface area contributed by atoms with Gasteiger partial charge >= 0.3 is 12.4 Å². The highest BCUT2D eigenvalue weighted by Gasteiger charge is 2.60. The fourth-order valence-corrected chi connectivity index (χ4v) is 6.99. The van der Waals surface area contributed by atoms with E-state index in [1.165, 1.54) is 23.6 Å². The van der Waals surface area contributed by atoms with Crippen LogP contribution < -0.4 is 10.6 Å². The predicted octanol–water partition coefficient (Wildman–Crippen LogP) is 1.25. The first-order chi connectivity index (χ1) is 16.8. The van der Waals surface area contributed by atoms with Crippen LogP contribution in [0.3, 0.4) is 0 Å². The summed E-state index contributed by atoms with van der Waals surface area (Å²) in [6.07, 6.45) is -3.62. The Kier molecular flexibility index (Phi) is 7.30. The van der Waals surface area contributed by atoms with Gasteiger partial charge in [-0.25, -0.2) is 13.6 Å². The van der Waals surface area contributed by atoms with Gasteiger partial charge in [0.15, 0.2) is 0 Å². The molecule has 0 unspecified atom stereocenters. The number of aliphatic carboxylic acids is 1. The van der Waals surface area contributed by atoms with E-state index in [1.807, 2.05) is 0 Å². The summed E-state index contributed by atoms with van der Waals surface area (Å²) >= 11 is 1.25. The molecule has 0 spiro atoms. The highest BCUT2D eigenvalue weighted by molar-refractivity contribution is 8.03. The van der Waals surface area contributed by atoms with Gasteiger partial charge in [-0.1, -0.05) is 6.92 Å². The van der Waals surface area contributed by atoms with E-state index in [4.69, 9.17) is 0 Å². The number of nitrogens with zero attached hydrogens (tertiary/aromatic N) is 2. The van der Waals surface area contributed by atoms with E-state index in [-0.39, 0.29) is 42.8 Å². The average Bonchev–Trinajstić information content (AvgIpc) is 3.35. The molecular formula is C22H28F4N4O5S. The van der Waals surface area contributed by atoms with Crippen LogP contribution in [-0.4, -0.2) is 94.0 Å². The summed E-state index contributed by atoms with van der Waals surface area (Å²) in [4.78, 5) is 52.1. The molecule has 0 saturated carbocycles. The van der Waals surface area contributed by atoms with Crippen LogP contribution in [0.1, 0.15) is 33.1 Å². The van der Waals surface area contributed by atoms with Crippen molar-refractivity contribution in [2.24, 2.45) is 11.8 Å². The smallest absolute Gasteiger partial charge is 0.353 e. The second-order valence-corrected chi connectivity index (χ2v) is 11.1. The van der Waals surface area contributed by atoms with Gasteiger partial charge in [0.25, 0.3) is 11.8 Å². The van der Waals surface area contributed by atoms with E-state index in [0.29, 0.717) is 17.9 Å². The number of carbonyl (C=O) groups is 4. The number of hydrogen-bond donors (Lipinski definition) is 3. The van der Waals surface area contributed by atoms with Crippen molar-refractivity contribution in [2.75, 3.05) is 19.6 Å². The van der Waals surface area contributed by atoms with Gasteiger partial charge in [-0.3, -0.25) is 14.4 Å². The Morgan fingerprint density at radius 3 is 2.44 bits per heavy atom. The number of carboxylic acid groups (broad SMARTS) is 1. The Morgan fingerprint density at radius 2 is 1.86 bits per heavy atom. The lowest BCUT2D eigenvalue weighted by molar-refractivity contribution is -0.159. The molecule has 9 nitrogen and oxygen atoms in total. The first kappa shape index (κ1) is 26.7. The summed E-state index contributed by atoms with van der Waals surface area (Å²) in [5, 5.41) is 14.9. The third-order valence-corrected chi connectivity index (χ3v) is 8.90. The van der Waals surface area contributed by atoms with E-state index >= 15 is 0 Å². The fourth-order valence-electron chi connectivity index (χ4n) is 5.51. The normalized spacial score (nSPS) is 32.4. The van der Waals surface area contributed by atoms with Crippen molar-refractivity contribution >= 4 is 35.5 Å². The van der Waals surface area contributed by atoms with Gasteiger partial charge in [0.2, 0.25) is 11.8 Å². The Morgan fingerprint density at radius 1 is 1.22 bits per heavy atom. The molecule has 0 aliphatic carbocycles. The molecule has 4 aliphatic rings. The second kappa shape index (κ2) is 9.84. The van der Waals surface area contributed by atoms with Gasteiger partial charge in [-0.2, -0.15) is 8.78 Å². The number of carboxylic acids is 1. The summed E-state index contributed by atoms with van der Waals surface area (Å²) in [6, 6.07) is -2.08. The lowest BCUT2D eigenvalue weighted by Crippen LogP contribution is -2.66. The molecule has 36 heavy (non-hydrogen) atoms. The van der Waals surface area contributed by atoms with Crippen LogP contribution in [0.15, 0.2) is 10.6 Å². The van der Waals surface area contributed by atoms with Crippen molar-refractivity contribution in [2.45, 2.75) is 68.8 Å². The topological polar surface area (TPSA) is 119 Å². The molecule has 4 rings (SSSR count). The molecule has 200 valence electrons. The zero-order chi connectivity index (χ0) is 26.5. The number of thioether (sulfide) groups is 1. The number of rotatable bonds is 7. The van der Waals surface area contributed by atoms with Crippen LogP contribution in [0.4, 0.5) is 17.6 Å². The van der Waals surface area contributed by atoms with Crippen molar-refractivity contribution < 1.29 is 41.8 Å². The summed E-state index contributed by atoms with van der Waals surface area (Å²) in [7, 11) is 0. The molecule has 3 amide bonds. The minimum Gasteiger partial charge on any atom is -0.477 e. The van der Waals surface area contributed by atoms with E-state index in [0.717, 1.165) is 4.90 Å². The molecular weight excluding hydrogens is 508 g/mol. The van der Waals surface area contributed by atoms with Crippen LogP contribution in [0.25, 0.3) is 0 Å². The molecule has 0 bridgehead atoms. The van der Waals surface area contributed by atoms with E-state index in [9.17, 15) is 41.8 Å². The minimum absolute atomic E-state index is 0.0202. The SMILES string of the molecule is C[C@@H](NC(=O)C(F)F)[C@H]1C(=O)N2C(C(=O)O)=C(S[C@@H]3CN[C@H](C(=O)N4CCC(F)(F)CC4)C3)[C@H](C)[C@H]12. The summed E-state index contributed by atoms with van der Waals surface area (Å²) < 4.78 is 52.2. The molecule has 0 aromatic carbocycles. The average molecular weight is 537 g/mol. The molecule has 0 radical (unpaired) electrons. The summed E-state index contributed by atoms with van der Waals surface area (Å²) in [6.45, 7) is 3.53. The summed E-state index contributed by atoms with van der Waals surface area (Å²) in [5.41, 5.74) is -0.167. The van der Waals surface area contributed by atoms with Crippen molar-refractivity contribution in [3.63, 3.8) is 0 Å². The maximum absolute atomic E-state index is 13.4. The molecule has 0 aromatic rings. The molecule has 3 saturated heterocycles. The number of piperidine rings is 1. The van der Waals surface area contributed by atoms with Crippen LogP contribution in [0.2, 0.25) is 0 Å². The Labute approximate surface area is 209 Å². The number of nitrogens with one attached hydrogen (secondary N) is 2. The molecule has 6 atom stereocenters. The van der Waals surface area contributed by atoms with Gasteiger partial charge in [0.1, 0.15) is 5.70 Å². The first-order valence-electron chi connectivity index (χ1n) is 11.8. The third kappa shape index (κ3) is 4.81. The standard InChI is InChI=1S/C22H28F4N4O5S/c1-9-14-13(10(2)28-18(31)17(23)24)20(33)30(14)15(21(34)35)16(9)36-11-7-12(27-8-11)19(32)29-5-3-22(25,26)4-6-29/h9-14,17,27H,3-8H2,1-2H3,(H,28,31)(H,34,35)/t9-,10-,11+,12+,13-,14-/m1/s1. The molecule has 3 fully saturated rings. The number of amides is 3. The summed E-state index contributed by atoms with van der Waals surface area (Å²) in [5.74, 6) is -7.64. The lowest BCUT2D eigenvalue weighted by Gasteiger charge is -2.47. The van der Waals surface area contributed by atoms with Crippen LogP contribution in [0.5, 0.6) is 0 Å². The van der Waals surface area contributed by atoms with Crippen LogP contribution in [0, 0.1) is 11.8 Å². The molecule has 14 heteroatoms. The number of carbonyl (C=O) groups excluding carboxylic acids is 3. The number of alkyl halides is 4. The van der Waals surface area contributed by atoms with E-state index < -0.39 is 60.1 Å². The van der Waals surface area contributed by atoms with Crippen LogP contribution >= 0.6 is 11.8 Å². The molecule has 0 aromatic heterocycles. The number of β-lactam (4-membered cyclic amide) rings is 1. The lowest BCUT2D eigenvalue weighted by atomic mass is 9.78.